The van der Waals surface area contributed by atoms with Gasteiger partial charge in [-0.3, -0.25) is 4.79 Å². The Labute approximate surface area is 116 Å². The highest BCUT2D eigenvalue weighted by Crippen LogP contribution is 2.27. The number of ether oxygens (including phenoxy) is 1. The lowest BCUT2D eigenvalue weighted by atomic mass is 9.86. The van der Waals surface area contributed by atoms with Gasteiger partial charge in [0.05, 0.1) is 12.2 Å². The molecule has 0 saturated heterocycles. The van der Waals surface area contributed by atoms with Crippen LogP contribution in [0.15, 0.2) is 18.2 Å². The largest absolute Gasteiger partial charge is 0.493 e. The summed E-state index contributed by atoms with van der Waals surface area (Å²) in [6, 6.07) is 5.86. The first kappa shape index (κ1) is 15.7. The summed E-state index contributed by atoms with van der Waals surface area (Å²) in [4.78, 5) is 13.3. The van der Waals surface area contributed by atoms with Gasteiger partial charge in [0.1, 0.15) is 5.75 Å². The van der Waals surface area contributed by atoms with E-state index in [0.717, 1.165) is 24.8 Å². The van der Waals surface area contributed by atoms with E-state index < -0.39 is 0 Å². The molecule has 1 aromatic rings. The number of rotatable bonds is 6. The van der Waals surface area contributed by atoms with Gasteiger partial charge in [0.15, 0.2) is 6.29 Å². The second-order valence-electron chi connectivity index (χ2n) is 6.13. The average molecular weight is 263 g/mol. The zero-order chi connectivity index (χ0) is 14.5. The van der Waals surface area contributed by atoms with E-state index in [0.29, 0.717) is 17.9 Å². The quantitative estimate of drug-likeness (QED) is 0.583. The molecule has 19 heavy (non-hydrogen) atoms. The predicted molar refractivity (Wildman–Crippen MR) is 79.2 cm³/mol. The molecule has 0 aliphatic carbocycles. The molecule has 0 heterocycles. The van der Waals surface area contributed by atoms with Crippen LogP contribution in [0.3, 0.4) is 0 Å². The highest BCUT2D eigenvalue weighted by Gasteiger charge is 2.15. The molecule has 0 bridgehead atoms. The van der Waals surface area contributed by atoms with Crippen molar-refractivity contribution in [1.82, 2.24) is 4.90 Å². The van der Waals surface area contributed by atoms with Crippen molar-refractivity contribution < 1.29 is 9.53 Å². The van der Waals surface area contributed by atoms with Gasteiger partial charge in [-0.25, -0.2) is 0 Å². The fourth-order valence-corrected chi connectivity index (χ4v) is 1.80. The smallest absolute Gasteiger partial charge is 0.153 e. The van der Waals surface area contributed by atoms with Crippen LogP contribution in [0, 0.1) is 0 Å². The Hall–Kier alpha value is -1.35. The summed E-state index contributed by atoms with van der Waals surface area (Å²) in [5.41, 5.74) is 1.83. The number of hydrogen-bond acceptors (Lipinski definition) is 3. The van der Waals surface area contributed by atoms with Crippen molar-refractivity contribution in [2.75, 3.05) is 27.2 Å². The van der Waals surface area contributed by atoms with Crippen LogP contribution < -0.4 is 4.74 Å². The van der Waals surface area contributed by atoms with Gasteiger partial charge in [-0.1, -0.05) is 26.8 Å². The SMILES string of the molecule is CN(C)CCCOc1ccc(C(C)(C)C)cc1C=O. The fourth-order valence-electron chi connectivity index (χ4n) is 1.80. The molecule has 1 aromatic carbocycles. The highest BCUT2D eigenvalue weighted by atomic mass is 16.5. The lowest BCUT2D eigenvalue weighted by Gasteiger charge is -2.20. The van der Waals surface area contributed by atoms with Crippen LogP contribution in [-0.4, -0.2) is 38.4 Å². The van der Waals surface area contributed by atoms with Crippen molar-refractivity contribution in [2.24, 2.45) is 0 Å². The Kier molecular flexibility index (Phi) is 5.55. The number of hydrogen-bond donors (Lipinski definition) is 0. The lowest BCUT2D eigenvalue weighted by Crippen LogP contribution is -2.16. The van der Waals surface area contributed by atoms with Crippen molar-refractivity contribution in [2.45, 2.75) is 32.6 Å². The molecule has 0 N–H and O–H groups in total. The molecule has 0 aliphatic heterocycles. The van der Waals surface area contributed by atoms with Gasteiger partial charge in [-0.2, -0.15) is 0 Å². The van der Waals surface area contributed by atoms with E-state index >= 15 is 0 Å². The summed E-state index contributed by atoms with van der Waals surface area (Å²) in [6.45, 7) is 8.02. The molecule has 3 nitrogen and oxygen atoms in total. The van der Waals surface area contributed by atoms with E-state index in [-0.39, 0.29) is 5.41 Å². The Morgan fingerprint density at radius 2 is 1.95 bits per heavy atom. The van der Waals surface area contributed by atoms with Crippen LogP contribution >= 0.6 is 0 Å². The lowest BCUT2D eigenvalue weighted by molar-refractivity contribution is 0.111. The van der Waals surface area contributed by atoms with Crippen molar-refractivity contribution >= 4 is 6.29 Å². The molecular formula is C16H25NO2. The molecule has 1 rings (SSSR count). The third-order valence-electron chi connectivity index (χ3n) is 3.01. The molecule has 3 heteroatoms. The first-order valence-corrected chi connectivity index (χ1v) is 6.72. The van der Waals surface area contributed by atoms with Crippen LogP contribution in [0.25, 0.3) is 0 Å². The standard InChI is InChI=1S/C16H25NO2/c1-16(2,3)14-7-8-15(13(11-14)12-18)19-10-6-9-17(4)5/h7-8,11-12H,6,9-10H2,1-5H3. The van der Waals surface area contributed by atoms with Crippen LogP contribution in [0.5, 0.6) is 5.75 Å². The number of carbonyl (C=O) groups is 1. The van der Waals surface area contributed by atoms with Crippen LogP contribution in [0.4, 0.5) is 0 Å². The summed E-state index contributed by atoms with van der Waals surface area (Å²) in [5, 5.41) is 0. The van der Waals surface area contributed by atoms with E-state index in [9.17, 15) is 4.79 Å². The second-order valence-corrected chi connectivity index (χ2v) is 6.13. The van der Waals surface area contributed by atoms with Crippen LogP contribution in [0.2, 0.25) is 0 Å². The number of carbonyl (C=O) groups excluding carboxylic acids is 1. The molecule has 0 spiro atoms. The summed E-state index contributed by atoms with van der Waals surface area (Å²) in [5.74, 6) is 0.682. The molecule has 0 radical (unpaired) electrons. The maximum Gasteiger partial charge on any atom is 0.153 e. The van der Waals surface area contributed by atoms with Crippen molar-refractivity contribution in [3.63, 3.8) is 0 Å². The van der Waals surface area contributed by atoms with E-state index in [2.05, 4.69) is 25.7 Å². The third-order valence-corrected chi connectivity index (χ3v) is 3.01. The zero-order valence-corrected chi connectivity index (χ0v) is 12.7. The van der Waals surface area contributed by atoms with E-state index in [1.807, 2.05) is 32.3 Å². The van der Waals surface area contributed by atoms with Gasteiger partial charge >= 0.3 is 0 Å². The molecule has 0 unspecified atom stereocenters. The average Bonchev–Trinajstić information content (AvgIpc) is 2.33. The topological polar surface area (TPSA) is 29.5 Å². The summed E-state index contributed by atoms with van der Waals surface area (Å²) in [7, 11) is 4.07. The molecule has 0 amide bonds. The number of nitrogens with zero attached hydrogens (tertiary/aromatic N) is 1. The second kappa shape index (κ2) is 6.71. The minimum Gasteiger partial charge on any atom is -0.493 e. The predicted octanol–water partition coefficient (Wildman–Crippen LogP) is 3.13. The fraction of sp³-hybridized carbons (Fsp3) is 0.562. The van der Waals surface area contributed by atoms with E-state index in [4.69, 9.17) is 4.74 Å². The molecule has 0 aromatic heterocycles. The van der Waals surface area contributed by atoms with Gasteiger partial charge in [-0.15, -0.1) is 0 Å². The van der Waals surface area contributed by atoms with Gasteiger partial charge in [0.2, 0.25) is 0 Å². The maximum absolute atomic E-state index is 11.2. The minimum atomic E-state index is 0.0429. The molecule has 106 valence electrons. The Morgan fingerprint density at radius 1 is 1.26 bits per heavy atom. The van der Waals surface area contributed by atoms with Crippen molar-refractivity contribution in [1.29, 1.82) is 0 Å². The van der Waals surface area contributed by atoms with Crippen molar-refractivity contribution in [3.8, 4) is 5.75 Å². The highest BCUT2D eigenvalue weighted by molar-refractivity contribution is 5.79. The first-order chi connectivity index (χ1) is 8.84. The summed E-state index contributed by atoms with van der Waals surface area (Å²) >= 11 is 0. The third kappa shape index (κ3) is 5.03. The van der Waals surface area contributed by atoms with Crippen LogP contribution in [0.1, 0.15) is 43.1 Å². The summed E-state index contributed by atoms with van der Waals surface area (Å²) < 4.78 is 5.69. The van der Waals surface area contributed by atoms with E-state index in [1.165, 1.54) is 0 Å². The monoisotopic (exact) mass is 263 g/mol. The van der Waals surface area contributed by atoms with Gasteiger partial charge in [0.25, 0.3) is 0 Å². The summed E-state index contributed by atoms with van der Waals surface area (Å²) in [6.07, 6.45) is 1.82. The Balaban J connectivity index is 2.71. The molecular weight excluding hydrogens is 238 g/mol. The zero-order valence-electron chi connectivity index (χ0n) is 12.7. The Morgan fingerprint density at radius 3 is 2.47 bits per heavy atom. The minimum absolute atomic E-state index is 0.0429. The van der Waals surface area contributed by atoms with Gasteiger partial charge in [0, 0.05) is 6.54 Å². The molecule has 0 aliphatic rings. The maximum atomic E-state index is 11.2. The van der Waals surface area contributed by atoms with E-state index in [1.54, 1.807) is 0 Å². The van der Waals surface area contributed by atoms with Gasteiger partial charge in [-0.05, 0) is 43.6 Å². The molecule has 0 fully saturated rings. The number of aldehydes is 1. The molecule has 0 atom stereocenters. The normalized spacial score (nSPS) is 11.7. The first-order valence-electron chi connectivity index (χ1n) is 6.72. The van der Waals surface area contributed by atoms with Crippen LogP contribution in [-0.2, 0) is 5.41 Å². The van der Waals surface area contributed by atoms with Gasteiger partial charge < -0.3 is 9.64 Å². The van der Waals surface area contributed by atoms with Crippen molar-refractivity contribution in [3.05, 3.63) is 29.3 Å². The molecule has 0 saturated carbocycles. The number of benzene rings is 1. The Bertz CT molecular complexity index is 419.